The van der Waals surface area contributed by atoms with Crippen LogP contribution in [0.25, 0.3) is 5.69 Å². The number of rotatable bonds is 6. The summed E-state index contributed by atoms with van der Waals surface area (Å²) < 4.78 is 14.9. The highest BCUT2D eigenvalue weighted by molar-refractivity contribution is 14.0. The van der Waals surface area contributed by atoms with Crippen molar-refractivity contribution in [2.75, 3.05) is 39.3 Å². The average molecular weight is 526 g/mol. The summed E-state index contributed by atoms with van der Waals surface area (Å²) >= 11 is 0. The monoisotopic (exact) mass is 526 g/mol. The van der Waals surface area contributed by atoms with E-state index in [0.717, 1.165) is 43.4 Å². The molecule has 1 unspecified atom stereocenters. The lowest BCUT2D eigenvalue weighted by Gasteiger charge is -2.25. The van der Waals surface area contributed by atoms with E-state index in [4.69, 9.17) is 4.99 Å². The van der Waals surface area contributed by atoms with Gasteiger partial charge >= 0.3 is 0 Å². The third-order valence-electron chi connectivity index (χ3n) is 5.82. The SMILES string of the molecule is CCNC(=NCCc1ccn(-c2ccc(F)cc2)n1)N1CCC(N2CCCC2)C1.I. The van der Waals surface area contributed by atoms with Gasteiger partial charge in [-0.15, -0.1) is 24.0 Å². The fraction of sp³-hybridized carbons (Fsp3) is 0.545. The molecule has 2 aliphatic rings. The summed E-state index contributed by atoms with van der Waals surface area (Å²) in [5.74, 6) is 0.785. The van der Waals surface area contributed by atoms with Crippen molar-refractivity contribution in [1.29, 1.82) is 0 Å². The van der Waals surface area contributed by atoms with E-state index < -0.39 is 0 Å². The molecule has 2 saturated heterocycles. The zero-order valence-corrected chi connectivity index (χ0v) is 20.0. The maximum atomic E-state index is 13.1. The minimum atomic E-state index is -0.236. The van der Waals surface area contributed by atoms with Crippen molar-refractivity contribution >= 4 is 29.9 Å². The van der Waals surface area contributed by atoms with E-state index in [-0.39, 0.29) is 29.8 Å². The molecule has 1 N–H and O–H groups in total. The van der Waals surface area contributed by atoms with Gasteiger partial charge < -0.3 is 10.2 Å². The zero-order chi connectivity index (χ0) is 20.1. The van der Waals surface area contributed by atoms with E-state index in [9.17, 15) is 4.39 Å². The van der Waals surface area contributed by atoms with Crippen LogP contribution in [0.1, 0.15) is 31.9 Å². The topological polar surface area (TPSA) is 48.7 Å². The fourth-order valence-electron chi connectivity index (χ4n) is 4.27. The summed E-state index contributed by atoms with van der Waals surface area (Å²) in [7, 11) is 0. The summed E-state index contributed by atoms with van der Waals surface area (Å²) in [5, 5.41) is 8.05. The van der Waals surface area contributed by atoms with Crippen molar-refractivity contribution in [2.45, 2.75) is 38.6 Å². The van der Waals surface area contributed by atoms with Crippen LogP contribution in [0, 0.1) is 5.82 Å². The van der Waals surface area contributed by atoms with Gasteiger partial charge in [0.1, 0.15) is 5.82 Å². The Morgan fingerprint density at radius 1 is 1.17 bits per heavy atom. The van der Waals surface area contributed by atoms with Crippen LogP contribution in [0.15, 0.2) is 41.5 Å². The highest BCUT2D eigenvalue weighted by Crippen LogP contribution is 2.20. The Hall–Kier alpha value is -1.68. The van der Waals surface area contributed by atoms with E-state index in [1.54, 1.807) is 16.8 Å². The van der Waals surface area contributed by atoms with Gasteiger partial charge in [-0.2, -0.15) is 5.10 Å². The second-order valence-electron chi connectivity index (χ2n) is 7.85. The van der Waals surface area contributed by atoms with Gasteiger partial charge in [-0.05, 0) is 69.6 Å². The number of hydrogen-bond donors (Lipinski definition) is 1. The summed E-state index contributed by atoms with van der Waals surface area (Å²) in [4.78, 5) is 9.91. The lowest BCUT2D eigenvalue weighted by Crippen LogP contribution is -2.42. The summed E-state index contributed by atoms with van der Waals surface area (Å²) in [6.45, 7) is 8.35. The normalized spacial score (nSPS) is 19.9. The van der Waals surface area contributed by atoms with Gasteiger partial charge in [-0.25, -0.2) is 9.07 Å². The van der Waals surface area contributed by atoms with Crippen LogP contribution in [0.4, 0.5) is 4.39 Å². The van der Waals surface area contributed by atoms with Gasteiger partial charge in [-0.1, -0.05) is 0 Å². The maximum absolute atomic E-state index is 13.1. The molecule has 164 valence electrons. The molecule has 0 saturated carbocycles. The van der Waals surface area contributed by atoms with Crippen LogP contribution < -0.4 is 5.32 Å². The number of aliphatic imine (C=N–C) groups is 1. The second-order valence-corrected chi connectivity index (χ2v) is 7.85. The number of aromatic nitrogens is 2. The van der Waals surface area contributed by atoms with Crippen molar-refractivity contribution in [3.05, 3.63) is 48.0 Å². The molecule has 0 bridgehead atoms. The molecule has 1 aromatic carbocycles. The molecule has 1 aromatic heterocycles. The molecular formula is C22H32FIN6. The average Bonchev–Trinajstić information content (AvgIpc) is 3.48. The van der Waals surface area contributed by atoms with Crippen molar-refractivity contribution in [3.8, 4) is 5.69 Å². The Balaban J connectivity index is 0.00000256. The van der Waals surface area contributed by atoms with E-state index in [1.165, 1.54) is 44.5 Å². The molecule has 30 heavy (non-hydrogen) atoms. The largest absolute Gasteiger partial charge is 0.357 e. The molecule has 0 aliphatic carbocycles. The Morgan fingerprint density at radius 3 is 2.67 bits per heavy atom. The second kappa shape index (κ2) is 11.1. The third kappa shape index (κ3) is 5.72. The van der Waals surface area contributed by atoms with Crippen molar-refractivity contribution in [2.24, 2.45) is 4.99 Å². The molecule has 8 heteroatoms. The third-order valence-corrected chi connectivity index (χ3v) is 5.82. The van der Waals surface area contributed by atoms with Crippen LogP contribution >= 0.6 is 24.0 Å². The zero-order valence-electron chi connectivity index (χ0n) is 17.6. The molecule has 3 heterocycles. The van der Waals surface area contributed by atoms with E-state index in [0.29, 0.717) is 12.6 Å². The lowest BCUT2D eigenvalue weighted by atomic mass is 10.2. The first-order valence-electron chi connectivity index (χ1n) is 10.8. The number of nitrogens with zero attached hydrogens (tertiary/aromatic N) is 5. The molecule has 0 amide bonds. The predicted molar refractivity (Wildman–Crippen MR) is 129 cm³/mol. The van der Waals surface area contributed by atoms with Gasteiger partial charge in [0.05, 0.1) is 11.4 Å². The molecule has 2 aromatic rings. The lowest BCUT2D eigenvalue weighted by molar-refractivity contribution is 0.249. The molecule has 4 rings (SSSR count). The molecule has 2 aliphatic heterocycles. The molecule has 1 atom stereocenters. The van der Waals surface area contributed by atoms with Crippen LogP contribution in [0.5, 0.6) is 0 Å². The number of likely N-dealkylation sites (tertiary alicyclic amines) is 2. The smallest absolute Gasteiger partial charge is 0.193 e. The van der Waals surface area contributed by atoms with Crippen LogP contribution in [-0.2, 0) is 6.42 Å². The van der Waals surface area contributed by atoms with Crippen molar-refractivity contribution < 1.29 is 4.39 Å². The minimum absolute atomic E-state index is 0. The molecule has 0 radical (unpaired) electrons. The number of guanidine groups is 1. The first kappa shape index (κ1) is 23.0. The van der Waals surface area contributed by atoms with Crippen LogP contribution in [0.2, 0.25) is 0 Å². The quantitative estimate of drug-likeness (QED) is 0.357. The first-order chi connectivity index (χ1) is 14.2. The van der Waals surface area contributed by atoms with E-state index >= 15 is 0 Å². The van der Waals surface area contributed by atoms with Gasteiger partial charge in [0.2, 0.25) is 0 Å². The molecule has 0 spiro atoms. The Morgan fingerprint density at radius 2 is 1.93 bits per heavy atom. The number of benzene rings is 1. The number of halogens is 2. The number of nitrogens with one attached hydrogen (secondary N) is 1. The minimum Gasteiger partial charge on any atom is -0.357 e. The maximum Gasteiger partial charge on any atom is 0.193 e. The molecule has 6 nitrogen and oxygen atoms in total. The fourth-order valence-corrected chi connectivity index (χ4v) is 4.27. The standard InChI is InChI=1S/C22H31FN6.HI/c1-2-24-22(28-15-11-21(17-28)27-13-3-4-14-27)25-12-9-19-10-16-29(26-19)20-7-5-18(23)6-8-20;/h5-8,10,16,21H,2-4,9,11-15,17H2,1H3,(H,24,25);1H. The number of hydrogen-bond acceptors (Lipinski definition) is 3. The predicted octanol–water partition coefficient (Wildman–Crippen LogP) is 3.31. The molecule has 2 fully saturated rings. The Labute approximate surface area is 195 Å². The van der Waals surface area contributed by atoms with Crippen molar-refractivity contribution in [1.82, 2.24) is 24.9 Å². The highest BCUT2D eigenvalue weighted by atomic mass is 127. The van der Waals surface area contributed by atoms with Crippen LogP contribution in [0.3, 0.4) is 0 Å². The van der Waals surface area contributed by atoms with Gasteiger partial charge in [0, 0.05) is 44.8 Å². The van der Waals surface area contributed by atoms with Gasteiger partial charge in [0.25, 0.3) is 0 Å². The van der Waals surface area contributed by atoms with Crippen LogP contribution in [-0.4, -0.2) is 70.9 Å². The molecular weight excluding hydrogens is 494 g/mol. The Kier molecular flexibility index (Phi) is 8.50. The van der Waals surface area contributed by atoms with E-state index in [2.05, 4.69) is 27.1 Å². The summed E-state index contributed by atoms with van der Waals surface area (Å²) in [6.07, 6.45) is 6.61. The van der Waals surface area contributed by atoms with Crippen molar-refractivity contribution in [3.63, 3.8) is 0 Å². The van der Waals surface area contributed by atoms with Gasteiger partial charge in [0.15, 0.2) is 5.96 Å². The van der Waals surface area contributed by atoms with Gasteiger partial charge in [-0.3, -0.25) is 9.89 Å². The summed E-state index contributed by atoms with van der Waals surface area (Å²) in [6, 6.07) is 9.05. The summed E-state index contributed by atoms with van der Waals surface area (Å²) in [5.41, 5.74) is 1.85. The first-order valence-corrected chi connectivity index (χ1v) is 10.8. The van der Waals surface area contributed by atoms with E-state index in [1.807, 2.05) is 12.3 Å². The highest BCUT2D eigenvalue weighted by Gasteiger charge is 2.30. The Bertz CT molecular complexity index is 815.